The van der Waals surface area contributed by atoms with Gasteiger partial charge in [0.25, 0.3) is 0 Å². The molecule has 3 rings (SSSR count). The van der Waals surface area contributed by atoms with E-state index >= 15 is 0 Å². The highest BCUT2D eigenvalue weighted by molar-refractivity contribution is 6.33. The van der Waals surface area contributed by atoms with Gasteiger partial charge < -0.3 is 9.73 Å². The number of aromatic nitrogens is 2. The third-order valence-electron chi connectivity index (χ3n) is 2.86. The van der Waals surface area contributed by atoms with Crippen LogP contribution in [0.2, 0.25) is 5.02 Å². The van der Waals surface area contributed by atoms with E-state index in [0.29, 0.717) is 28.9 Å². The second-order valence-corrected chi connectivity index (χ2v) is 4.75. The summed E-state index contributed by atoms with van der Waals surface area (Å²) in [6, 6.07) is 13.3. The molecule has 4 nitrogen and oxygen atoms in total. The van der Waals surface area contributed by atoms with Gasteiger partial charge in [-0.05, 0) is 36.4 Å². The van der Waals surface area contributed by atoms with Gasteiger partial charge in [0.15, 0.2) is 0 Å². The minimum absolute atomic E-state index is 0.307. The van der Waals surface area contributed by atoms with Crippen molar-refractivity contribution in [3.05, 3.63) is 65.3 Å². The highest BCUT2D eigenvalue weighted by Gasteiger charge is 2.09. The quantitative estimate of drug-likeness (QED) is 0.787. The lowest BCUT2D eigenvalue weighted by Crippen LogP contribution is -1.99. The smallest absolute Gasteiger partial charge is 0.247 e. The highest BCUT2D eigenvalue weighted by atomic mass is 35.5. The lowest BCUT2D eigenvalue weighted by atomic mass is 10.2. The SMILES string of the molecule is Fc1ccc(-c2nnc(CNc3ccccc3Cl)o2)cc1. The molecule has 6 heteroatoms. The zero-order valence-electron chi connectivity index (χ0n) is 10.9. The number of rotatable bonds is 4. The van der Waals surface area contributed by atoms with Crippen molar-refractivity contribution in [1.82, 2.24) is 10.2 Å². The molecule has 0 unspecified atom stereocenters. The largest absolute Gasteiger partial charge is 0.419 e. The van der Waals surface area contributed by atoms with Gasteiger partial charge in [0.05, 0.1) is 17.3 Å². The van der Waals surface area contributed by atoms with Gasteiger partial charge in [-0.1, -0.05) is 23.7 Å². The molecule has 2 aromatic carbocycles. The zero-order chi connectivity index (χ0) is 14.7. The summed E-state index contributed by atoms with van der Waals surface area (Å²) in [4.78, 5) is 0. The summed E-state index contributed by atoms with van der Waals surface area (Å²) in [5.41, 5.74) is 1.47. The van der Waals surface area contributed by atoms with Gasteiger partial charge in [-0.3, -0.25) is 0 Å². The Morgan fingerprint density at radius 1 is 1.05 bits per heavy atom. The molecule has 0 bridgehead atoms. The predicted molar refractivity (Wildman–Crippen MR) is 78.5 cm³/mol. The number of benzene rings is 2. The van der Waals surface area contributed by atoms with Crippen LogP contribution in [0.1, 0.15) is 5.89 Å². The molecule has 0 spiro atoms. The first-order valence-electron chi connectivity index (χ1n) is 6.29. The first-order valence-corrected chi connectivity index (χ1v) is 6.67. The van der Waals surface area contributed by atoms with Crippen molar-refractivity contribution in [2.24, 2.45) is 0 Å². The Hall–Kier alpha value is -2.40. The van der Waals surface area contributed by atoms with Crippen LogP contribution in [0.4, 0.5) is 10.1 Å². The normalized spacial score (nSPS) is 10.6. The molecule has 1 N–H and O–H groups in total. The standard InChI is InChI=1S/C15H11ClFN3O/c16-12-3-1-2-4-13(12)18-9-14-19-20-15(21-14)10-5-7-11(17)8-6-10/h1-8,18H,9H2. The van der Waals surface area contributed by atoms with Gasteiger partial charge >= 0.3 is 0 Å². The molecule has 0 saturated carbocycles. The third-order valence-corrected chi connectivity index (χ3v) is 3.19. The molecule has 0 fully saturated rings. The Labute approximate surface area is 125 Å². The number of nitrogens with zero attached hydrogens (tertiary/aromatic N) is 2. The van der Waals surface area contributed by atoms with E-state index in [1.807, 2.05) is 18.2 Å². The number of hydrogen-bond donors (Lipinski definition) is 1. The van der Waals surface area contributed by atoms with Gasteiger partial charge in [0, 0.05) is 5.56 Å². The maximum atomic E-state index is 12.9. The van der Waals surface area contributed by atoms with Crippen molar-refractivity contribution in [2.45, 2.75) is 6.54 Å². The van der Waals surface area contributed by atoms with E-state index in [0.717, 1.165) is 5.69 Å². The molecule has 0 saturated heterocycles. The van der Waals surface area contributed by atoms with E-state index in [4.69, 9.17) is 16.0 Å². The predicted octanol–water partition coefficient (Wildman–Crippen LogP) is 4.14. The van der Waals surface area contributed by atoms with Gasteiger partial charge in [-0.2, -0.15) is 0 Å². The molecule has 0 aliphatic heterocycles. The van der Waals surface area contributed by atoms with E-state index < -0.39 is 0 Å². The van der Waals surface area contributed by atoms with Gasteiger partial charge in [-0.25, -0.2) is 4.39 Å². The molecule has 21 heavy (non-hydrogen) atoms. The molecule has 106 valence electrons. The average Bonchev–Trinajstić information content (AvgIpc) is 2.96. The van der Waals surface area contributed by atoms with Crippen molar-refractivity contribution in [2.75, 3.05) is 5.32 Å². The van der Waals surface area contributed by atoms with Crippen LogP contribution < -0.4 is 5.32 Å². The fourth-order valence-corrected chi connectivity index (χ4v) is 2.01. The van der Waals surface area contributed by atoms with Crippen molar-refractivity contribution in [3.63, 3.8) is 0 Å². The third kappa shape index (κ3) is 3.20. The minimum atomic E-state index is -0.307. The fraction of sp³-hybridized carbons (Fsp3) is 0.0667. The van der Waals surface area contributed by atoms with Crippen molar-refractivity contribution in [1.29, 1.82) is 0 Å². The summed E-state index contributed by atoms with van der Waals surface area (Å²) in [6.07, 6.45) is 0. The van der Waals surface area contributed by atoms with Crippen LogP contribution in [0.25, 0.3) is 11.5 Å². The van der Waals surface area contributed by atoms with Crippen molar-refractivity contribution >= 4 is 17.3 Å². The summed E-state index contributed by atoms with van der Waals surface area (Å²) in [5.74, 6) is 0.471. The Balaban J connectivity index is 1.71. The number of anilines is 1. The maximum absolute atomic E-state index is 12.9. The number of para-hydroxylation sites is 1. The first-order chi connectivity index (χ1) is 10.2. The Bertz CT molecular complexity index is 743. The van der Waals surface area contributed by atoms with Crippen LogP contribution in [-0.4, -0.2) is 10.2 Å². The molecule has 0 radical (unpaired) electrons. The number of hydrogen-bond acceptors (Lipinski definition) is 4. The highest BCUT2D eigenvalue weighted by Crippen LogP contribution is 2.22. The lowest BCUT2D eigenvalue weighted by molar-refractivity contribution is 0.515. The summed E-state index contributed by atoms with van der Waals surface area (Å²) >= 11 is 6.04. The summed E-state index contributed by atoms with van der Waals surface area (Å²) < 4.78 is 18.4. The lowest BCUT2D eigenvalue weighted by Gasteiger charge is -2.04. The van der Waals surface area contributed by atoms with E-state index in [-0.39, 0.29) is 5.82 Å². The van der Waals surface area contributed by atoms with E-state index in [9.17, 15) is 4.39 Å². The maximum Gasteiger partial charge on any atom is 0.247 e. The van der Waals surface area contributed by atoms with Gasteiger partial charge in [0.1, 0.15) is 5.82 Å². The molecular weight excluding hydrogens is 293 g/mol. The van der Waals surface area contributed by atoms with E-state index in [2.05, 4.69) is 15.5 Å². The van der Waals surface area contributed by atoms with Gasteiger partial charge in [-0.15, -0.1) is 10.2 Å². The van der Waals surface area contributed by atoms with Crippen LogP contribution in [0.5, 0.6) is 0 Å². The first kappa shape index (κ1) is 13.6. The minimum Gasteiger partial charge on any atom is -0.419 e. The van der Waals surface area contributed by atoms with Crippen molar-refractivity contribution < 1.29 is 8.81 Å². The monoisotopic (exact) mass is 303 g/mol. The Morgan fingerprint density at radius 2 is 1.81 bits per heavy atom. The second kappa shape index (κ2) is 5.93. The molecule has 0 amide bonds. The molecule has 0 aliphatic rings. The Kier molecular flexibility index (Phi) is 3.83. The number of halogens is 2. The van der Waals surface area contributed by atoms with Crippen LogP contribution in [-0.2, 0) is 6.54 Å². The number of nitrogens with one attached hydrogen (secondary N) is 1. The summed E-state index contributed by atoms with van der Waals surface area (Å²) in [5, 5.41) is 11.6. The molecule has 1 heterocycles. The topological polar surface area (TPSA) is 51.0 Å². The van der Waals surface area contributed by atoms with Crippen molar-refractivity contribution in [3.8, 4) is 11.5 Å². The van der Waals surface area contributed by atoms with Crippen LogP contribution in [0.15, 0.2) is 52.9 Å². The van der Waals surface area contributed by atoms with E-state index in [1.165, 1.54) is 12.1 Å². The second-order valence-electron chi connectivity index (χ2n) is 4.34. The Morgan fingerprint density at radius 3 is 2.57 bits per heavy atom. The zero-order valence-corrected chi connectivity index (χ0v) is 11.6. The fourth-order valence-electron chi connectivity index (χ4n) is 1.81. The molecule has 3 aromatic rings. The molecule has 0 aliphatic carbocycles. The van der Waals surface area contributed by atoms with Crippen LogP contribution in [0.3, 0.4) is 0 Å². The van der Waals surface area contributed by atoms with E-state index in [1.54, 1.807) is 18.2 Å². The molecule has 0 atom stereocenters. The average molecular weight is 304 g/mol. The summed E-state index contributed by atoms with van der Waals surface area (Å²) in [7, 11) is 0. The molecule has 1 aromatic heterocycles. The van der Waals surface area contributed by atoms with Crippen LogP contribution in [0, 0.1) is 5.82 Å². The van der Waals surface area contributed by atoms with Crippen LogP contribution >= 0.6 is 11.6 Å². The summed E-state index contributed by atoms with van der Waals surface area (Å²) in [6.45, 7) is 0.359. The molecular formula is C15H11ClFN3O. The van der Waals surface area contributed by atoms with Gasteiger partial charge in [0.2, 0.25) is 11.8 Å².